The summed E-state index contributed by atoms with van der Waals surface area (Å²) in [6.07, 6.45) is 0. The molecule has 1 aromatic rings. The fourth-order valence-corrected chi connectivity index (χ4v) is 0.933. The molecule has 0 saturated heterocycles. The van der Waals surface area contributed by atoms with Crippen molar-refractivity contribution in [2.24, 2.45) is 0 Å². The molecule has 0 radical (unpaired) electrons. The molecule has 0 aromatic heterocycles. The zero-order valence-electron chi connectivity index (χ0n) is 5.41. The molecule has 1 aromatic carbocycles. The third-order valence-corrected chi connectivity index (χ3v) is 1.67. The summed E-state index contributed by atoms with van der Waals surface area (Å²) >= 11 is 3.69. The number of halogens is 1. The van der Waals surface area contributed by atoms with Gasteiger partial charge in [-0.3, -0.25) is 0 Å². The minimum atomic E-state index is -1.17. The molecule has 1 rings (SSSR count). The fourth-order valence-electron chi connectivity index (χ4n) is 0.688. The second-order valence-corrected chi connectivity index (χ2v) is 2.39. The normalized spacial score (nSPS) is 9.64. The van der Waals surface area contributed by atoms with Crippen molar-refractivity contribution in [3.8, 4) is 0 Å². The van der Waals surface area contributed by atoms with E-state index < -0.39 is 11.8 Å². The van der Waals surface area contributed by atoms with Crippen LogP contribution in [0, 0.1) is 5.82 Å². The van der Waals surface area contributed by atoms with E-state index in [0.29, 0.717) is 0 Å². The Labute approximate surface area is 68.1 Å². The maximum atomic E-state index is 12.6. The highest BCUT2D eigenvalue weighted by Crippen LogP contribution is 2.16. The lowest BCUT2D eigenvalue weighted by Crippen LogP contribution is -1.98. The molecule has 0 saturated carbocycles. The van der Waals surface area contributed by atoms with Crippen molar-refractivity contribution < 1.29 is 14.3 Å². The zero-order valence-corrected chi connectivity index (χ0v) is 6.31. The van der Waals surface area contributed by atoms with Gasteiger partial charge < -0.3 is 5.11 Å². The van der Waals surface area contributed by atoms with Crippen molar-refractivity contribution in [3.05, 3.63) is 29.6 Å². The average Bonchev–Trinajstić information content (AvgIpc) is 1.94. The number of benzene rings is 1. The molecular formula is C7H5FO2S. The number of carboxylic acids is 1. The molecule has 0 spiro atoms. The molecule has 0 bridgehead atoms. The molecule has 2 nitrogen and oxygen atoms in total. The molecule has 0 aliphatic heterocycles. The Morgan fingerprint density at radius 2 is 2.18 bits per heavy atom. The van der Waals surface area contributed by atoms with E-state index in [4.69, 9.17) is 5.11 Å². The minimum absolute atomic E-state index is 0.117. The van der Waals surface area contributed by atoms with Gasteiger partial charge in [-0.05, 0) is 12.1 Å². The maximum absolute atomic E-state index is 12.6. The summed E-state index contributed by atoms with van der Waals surface area (Å²) in [6, 6.07) is 3.79. The van der Waals surface area contributed by atoms with Crippen LogP contribution in [0.2, 0.25) is 0 Å². The van der Waals surface area contributed by atoms with Crippen LogP contribution in [-0.4, -0.2) is 11.1 Å². The van der Waals surface area contributed by atoms with E-state index >= 15 is 0 Å². The Hall–Kier alpha value is -1.03. The van der Waals surface area contributed by atoms with Crippen molar-refractivity contribution in [3.63, 3.8) is 0 Å². The Balaban J connectivity index is 3.27. The maximum Gasteiger partial charge on any atom is 0.336 e. The number of rotatable bonds is 1. The number of hydrogen-bond acceptors (Lipinski definition) is 2. The zero-order chi connectivity index (χ0) is 8.43. The van der Waals surface area contributed by atoms with Gasteiger partial charge >= 0.3 is 5.97 Å². The fraction of sp³-hybridized carbons (Fsp3) is 0. The van der Waals surface area contributed by atoms with E-state index in [-0.39, 0.29) is 10.5 Å². The highest BCUT2D eigenvalue weighted by molar-refractivity contribution is 7.80. The number of aromatic carboxylic acids is 1. The van der Waals surface area contributed by atoms with Gasteiger partial charge in [-0.25, -0.2) is 9.18 Å². The lowest BCUT2D eigenvalue weighted by Gasteiger charge is -1.98. The first-order valence-electron chi connectivity index (χ1n) is 2.83. The van der Waals surface area contributed by atoms with Crippen LogP contribution in [0.4, 0.5) is 4.39 Å². The summed E-state index contributed by atoms with van der Waals surface area (Å²) in [4.78, 5) is 10.2. The second kappa shape index (κ2) is 2.92. The van der Waals surface area contributed by atoms with Crippen molar-refractivity contribution in [2.45, 2.75) is 4.90 Å². The Kier molecular flexibility index (Phi) is 2.14. The van der Waals surface area contributed by atoms with Crippen LogP contribution in [0.3, 0.4) is 0 Å². The van der Waals surface area contributed by atoms with E-state index in [1.54, 1.807) is 0 Å². The molecule has 0 amide bonds. The van der Waals surface area contributed by atoms with Gasteiger partial charge in [0, 0.05) is 0 Å². The van der Waals surface area contributed by atoms with Gasteiger partial charge in [-0.1, -0.05) is 6.07 Å². The first-order chi connectivity index (χ1) is 5.13. The molecule has 0 unspecified atom stereocenters. The van der Waals surface area contributed by atoms with Crippen molar-refractivity contribution in [1.82, 2.24) is 0 Å². The van der Waals surface area contributed by atoms with Crippen LogP contribution in [0.25, 0.3) is 0 Å². The molecule has 58 valence electrons. The molecule has 11 heavy (non-hydrogen) atoms. The van der Waals surface area contributed by atoms with Crippen LogP contribution in [0.5, 0.6) is 0 Å². The summed E-state index contributed by atoms with van der Waals surface area (Å²) in [5, 5.41) is 8.47. The number of carboxylic acid groups (broad SMARTS) is 1. The highest BCUT2D eigenvalue weighted by atomic mass is 32.1. The summed E-state index contributed by atoms with van der Waals surface area (Å²) in [6.45, 7) is 0. The van der Waals surface area contributed by atoms with E-state index in [1.807, 2.05) is 0 Å². The van der Waals surface area contributed by atoms with E-state index in [2.05, 4.69) is 12.6 Å². The van der Waals surface area contributed by atoms with Crippen LogP contribution >= 0.6 is 12.6 Å². The summed E-state index contributed by atoms with van der Waals surface area (Å²) in [5.74, 6) is -1.79. The molecule has 1 N–H and O–H groups in total. The Bertz CT molecular complexity index is 298. The smallest absolute Gasteiger partial charge is 0.336 e. The monoisotopic (exact) mass is 172 g/mol. The second-order valence-electron chi connectivity index (χ2n) is 1.94. The molecule has 0 atom stereocenters. The molecule has 0 fully saturated rings. The number of carbonyl (C=O) groups is 1. The van der Waals surface area contributed by atoms with Gasteiger partial charge in [0.1, 0.15) is 5.82 Å². The van der Waals surface area contributed by atoms with Gasteiger partial charge in [-0.2, -0.15) is 0 Å². The van der Waals surface area contributed by atoms with Gasteiger partial charge in [-0.15, -0.1) is 12.6 Å². The van der Waals surface area contributed by atoms with Gasteiger partial charge in [0.05, 0.1) is 10.5 Å². The topological polar surface area (TPSA) is 37.3 Å². The molecule has 4 heteroatoms. The quantitative estimate of drug-likeness (QED) is 0.634. The standard InChI is InChI=1S/C7H5FO2S/c8-5-3-1-2-4(6(5)11)7(9)10/h1-3,11H,(H,9,10). The molecule has 0 aliphatic rings. The van der Waals surface area contributed by atoms with Crippen LogP contribution in [0.15, 0.2) is 23.1 Å². The predicted octanol–water partition coefficient (Wildman–Crippen LogP) is 1.81. The van der Waals surface area contributed by atoms with Gasteiger partial charge in [0.2, 0.25) is 0 Å². The first-order valence-corrected chi connectivity index (χ1v) is 3.28. The van der Waals surface area contributed by atoms with Crippen molar-refractivity contribution in [2.75, 3.05) is 0 Å². The molecule has 0 aliphatic carbocycles. The Morgan fingerprint density at radius 3 is 2.64 bits per heavy atom. The van der Waals surface area contributed by atoms with Crippen LogP contribution in [0.1, 0.15) is 10.4 Å². The van der Waals surface area contributed by atoms with Crippen LogP contribution in [-0.2, 0) is 0 Å². The average molecular weight is 172 g/mol. The van der Waals surface area contributed by atoms with Crippen molar-refractivity contribution >= 4 is 18.6 Å². The van der Waals surface area contributed by atoms with E-state index in [0.717, 1.165) is 6.07 Å². The largest absolute Gasteiger partial charge is 0.478 e. The number of thiol groups is 1. The minimum Gasteiger partial charge on any atom is -0.478 e. The Morgan fingerprint density at radius 1 is 1.55 bits per heavy atom. The van der Waals surface area contributed by atoms with E-state index in [9.17, 15) is 9.18 Å². The SMILES string of the molecule is O=C(O)c1cccc(F)c1S. The summed E-state index contributed by atoms with van der Waals surface area (Å²) < 4.78 is 12.6. The molecule has 0 heterocycles. The van der Waals surface area contributed by atoms with Crippen molar-refractivity contribution in [1.29, 1.82) is 0 Å². The van der Waals surface area contributed by atoms with E-state index in [1.165, 1.54) is 12.1 Å². The first kappa shape index (κ1) is 8.07. The third kappa shape index (κ3) is 1.51. The molecular weight excluding hydrogens is 167 g/mol. The predicted molar refractivity (Wildman–Crippen MR) is 40.6 cm³/mol. The summed E-state index contributed by atoms with van der Waals surface area (Å²) in [7, 11) is 0. The third-order valence-electron chi connectivity index (χ3n) is 1.22. The van der Waals surface area contributed by atoms with Gasteiger partial charge in [0.15, 0.2) is 0 Å². The lowest BCUT2D eigenvalue weighted by molar-refractivity contribution is 0.0692. The summed E-state index contributed by atoms with van der Waals surface area (Å²) in [5.41, 5.74) is -0.117. The number of hydrogen-bond donors (Lipinski definition) is 2. The van der Waals surface area contributed by atoms with Crippen LogP contribution < -0.4 is 0 Å². The lowest BCUT2D eigenvalue weighted by atomic mass is 10.2. The highest BCUT2D eigenvalue weighted by Gasteiger charge is 2.09. The van der Waals surface area contributed by atoms with Gasteiger partial charge in [0.25, 0.3) is 0 Å².